The number of hydrogen-bond acceptors (Lipinski definition) is 9. The highest BCUT2D eigenvalue weighted by Gasteiger charge is 2.20. The zero-order valence-corrected chi connectivity index (χ0v) is 31.4. The van der Waals surface area contributed by atoms with Crippen molar-refractivity contribution in [2.45, 2.75) is 45.9 Å². The van der Waals surface area contributed by atoms with E-state index in [0.29, 0.717) is 50.1 Å². The van der Waals surface area contributed by atoms with Gasteiger partial charge in [0.05, 0.1) is 30.6 Å². The molecule has 12 nitrogen and oxygen atoms in total. The van der Waals surface area contributed by atoms with Gasteiger partial charge in [0.15, 0.2) is 6.29 Å². The van der Waals surface area contributed by atoms with E-state index >= 15 is 0 Å². The van der Waals surface area contributed by atoms with E-state index < -0.39 is 6.09 Å². The van der Waals surface area contributed by atoms with Crippen molar-refractivity contribution in [2.24, 2.45) is 5.92 Å². The second-order valence-electron chi connectivity index (χ2n) is 14.3. The van der Waals surface area contributed by atoms with Crippen LogP contribution in [0.25, 0.3) is 38.7 Å². The van der Waals surface area contributed by atoms with E-state index in [4.69, 9.17) is 23.6 Å². The Balaban J connectivity index is 0.918. The van der Waals surface area contributed by atoms with Gasteiger partial charge in [-0.2, -0.15) is 5.10 Å². The van der Waals surface area contributed by atoms with Gasteiger partial charge in [0, 0.05) is 53.0 Å². The van der Waals surface area contributed by atoms with E-state index in [0.717, 1.165) is 69.2 Å². The van der Waals surface area contributed by atoms with Gasteiger partial charge >= 0.3 is 6.09 Å². The molecule has 2 N–H and O–H groups in total. The Bertz CT molecular complexity index is 2450. The maximum Gasteiger partial charge on any atom is 0.410 e. The number of nitrogens with one attached hydrogen (secondary N) is 2. The van der Waals surface area contributed by atoms with Crippen LogP contribution in [0.4, 0.5) is 22.1 Å². The summed E-state index contributed by atoms with van der Waals surface area (Å²) in [5.74, 6) is 0.500. The quantitative estimate of drug-likeness (QED) is 0.118. The number of aromatic nitrogens is 3. The van der Waals surface area contributed by atoms with E-state index in [1.165, 1.54) is 0 Å². The molecule has 8 rings (SSSR count). The highest BCUT2D eigenvalue weighted by atomic mass is 16.7. The van der Waals surface area contributed by atoms with Gasteiger partial charge < -0.3 is 34.2 Å². The number of amides is 2. The molecule has 0 saturated carbocycles. The minimum Gasteiger partial charge on any atom is -0.455 e. The monoisotopic (exact) mass is 752 g/mol. The number of furan rings is 1. The molecule has 0 bridgehead atoms. The average molecular weight is 753 g/mol. The Morgan fingerprint density at radius 2 is 1.73 bits per heavy atom. The molecule has 3 aromatic heterocycles. The molecule has 0 radical (unpaired) electrons. The minimum absolute atomic E-state index is 0.219. The molecule has 0 spiro atoms. The van der Waals surface area contributed by atoms with Crippen molar-refractivity contribution in [3.8, 4) is 11.3 Å². The van der Waals surface area contributed by atoms with Crippen LogP contribution in [0.15, 0.2) is 114 Å². The number of fused-ring (bicyclic) bond motifs is 4. The Labute approximate surface area is 324 Å². The van der Waals surface area contributed by atoms with Gasteiger partial charge in [-0.3, -0.25) is 4.79 Å². The third-order valence-electron chi connectivity index (χ3n) is 9.65. The highest BCUT2D eigenvalue weighted by molar-refractivity contribution is 6.09. The number of benzene rings is 4. The lowest BCUT2D eigenvalue weighted by Gasteiger charge is -2.26. The number of para-hydroxylation sites is 2. The van der Waals surface area contributed by atoms with Crippen LogP contribution >= 0.6 is 0 Å². The molecule has 4 aromatic carbocycles. The molecule has 1 saturated heterocycles. The van der Waals surface area contributed by atoms with Crippen LogP contribution in [0.1, 0.15) is 49.0 Å². The molecule has 56 heavy (non-hydrogen) atoms. The lowest BCUT2D eigenvalue weighted by Crippen LogP contribution is -2.36. The lowest BCUT2D eigenvalue weighted by atomic mass is 10.1. The fourth-order valence-corrected chi connectivity index (χ4v) is 6.75. The van der Waals surface area contributed by atoms with Crippen LogP contribution in [0.3, 0.4) is 0 Å². The third-order valence-corrected chi connectivity index (χ3v) is 9.65. The van der Waals surface area contributed by atoms with Crippen LogP contribution in [0.5, 0.6) is 0 Å². The molecule has 1 aliphatic heterocycles. The third kappa shape index (κ3) is 8.36. The van der Waals surface area contributed by atoms with Crippen molar-refractivity contribution < 1.29 is 28.2 Å². The summed E-state index contributed by atoms with van der Waals surface area (Å²) in [5, 5.41) is 13.0. The Morgan fingerprint density at radius 3 is 2.54 bits per heavy atom. The number of anilines is 3. The van der Waals surface area contributed by atoms with E-state index in [1.807, 2.05) is 92.7 Å². The minimum atomic E-state index is -0.399. The second-order valence-corrected chi connectivity index (χ2v) is 14.3. The molecule has 7 aromatic rings. The predicted molar refractivity (Wildman–Crippen MR) is 216 cm³/mol. The van der Waals surface area contributed by atoms with Crippen LogP contribution in [0, 0.1) is 5.92 Å². The van der Waals surface area contributed by atoms with Gasteiger partial charge in [0.2, 0.25) is 5.95 Å². The summed E-state index contributed by atoms with van der Waals surface area (Å²) in [7, 11) is 0. The molecule has 2 amide bonds. The van der Waals surface area contributed by atoms with Gasteiger partial charge in [0.1, 0.15) is 11.2 Å². The fourth-order valence-electron chi connectivity index (χ4n) is 6.75. The topological polar surface area (TPSA) is 132 Å². The van der Waals surface area contributed by atoms with E-state index in [1.54, 1.807) is 27.7 Å². The van der Waals surface area contributed by atoms with Gasteiger partial charge in [-0.05, 0) is 91.4 Å². The van der Waals surface area contributed by atoms with Crippen molar-refractivity contribution in [2.75, 3.05) is 37.0 Å². The van der Waals surface area contributed by atoms with Crippen molar-refractivity contribution in [1.82, 2.24) is 19.5 Å². The summed E-state index contributed by atoms with van der Waals surface area (Å²) >= 11 is 0. The van der Waals surface area contributed by atoms with Crippen LogP contribution in [-0.4, -0.2) is 64.2 Å². The summed E-state index contributed by atoms with van der Waals surface area (Å²) in [5.41, 5.74) is 6.87. The SMILES string of the molecule is CC(C)COC(=O)N(CCOC1CCCCO1)Cc1ccc(C(=O)Nc2ccc(Nc3nc(-c4cccc5c4oc4ccccc45)cc4ccnn34)cc2)cc1. The van der Waals surface area contributed by atoms with Crippen molar-refractivity contribution in [1.29, 1.82) is 0 Å². The first-order valence-electron chi connectivity index (χ1n) is 19.1. The zero-order valence-electron chi connectivity index (χ0n) is 31.4. The van der Waals surface area contributed by atoms with Crippen LogP contribution in [0.2, 0.25) is 0 Å². The van der Waals surface area contributed by atoms with Gasteiger partial charge in [-0.25, -0.2) is 14.3 Å². The van der Waals surface area contributed by atoms with Crippen molar-refractivity contribution in [3.63, 3.8) is 0 Å². The first-order chi connectivity index (χ1) is 27.4. The number of hydrogen-bond donors (Lipinski definition) is 2. The Hall–Kier alpha value is -6.24. The van der Waals surface area contributed by atoms with Crippen LogP contribution < -0.4 is 10.6 Å². The van der Waals surface area contributed by atoms with E-state index in [2.05, 4.69) is 27.9 Å². The molecule has 286 valence electrons. The molecule has 1 aliphatic rings. The first-order valence-corrected chi connectivity index (χ1v) is 19.1. The summed E-state index contributed by atoms with van der Waals surface area (Å²) in [4.78, 5) is 32.8. The average Bonchev–Trinajstić information content (AvgIpc) is 3.86. The summed E-state index contributed by atoms with van der Waals surface area (Å²) in [6.07, 6.45) is 4.07. The molecular formula is C44H44N6O6. The number of carbonyl (C=O) groups is 2. The number of rotatable bonds is 13. The number of carbonyl (C=O) groups excluding carboxylic acids is 2. The summed E-state index contributed by atoms with van der Waals surface area (Å²) in [6.45, 7) is 6.04. The zero-order chi connectivity index (χ0) is 38.4. The molecule has 1 atom stereocenters. The lowest BCUT2D eigenvalue weighted by molar-refractivity contribution is -0.163. The van der Waals surface area contributed by atoms with Crippen LogP contribution in [-0.2, 0) is 20.8 Å². The molecular weight excluding hydrogens is 709 g/mol. The number of nitrogens with zero attached hydrogens (tertiary/aromatic N) is 4. The van der Waals surface area contributed by atoms with Gasteiger partial charge in [-0.1, -0.05) is 56.3 Å². The highest BCUT2D eigenvalue weighted by Crippen LogP contribution is 2.36. The molecule has 1 fully saturated rings. The Kier molecular flexibility index (Phi) is 10.9. The number of ether oxygens (including phenoxy) is 3. The van der Waals surface area contributed by atoms with E-state index in [-0.39, 0.29) is 18.1 Å². The maximum absolute atomic E-state index is 13.2. The first kappa shape index (κ1) is 36.7. The Morgan fingerprint density at radius 1 is 0.929 bits per heavy atom. The second kappa shape index (κ2) is 16.6. The summed E-state index contributed by atoms with van der Waals surface area (Å²) in [6, 6.07) is 32.6. The summed E-state index contributed by atoms with van der Waals surface area (Å²) < 4.78 is 25.1. The largest absolute Gasteiger partial charge is 0.455 e. The molecule has 4 heterocycles. The molecule has 12 heteroatoms. The normalized spacial score (nSPS) is 14.4. The maximum atomic E-state index is 13.2. The van der Waals surface area contributed by atoms with Crippen molar-refractivity contribution in [3.05, 3.63) is 120 Å². The van der Waals surface area contributed by atoms with E-state index in [9.17, 15) is 9.59 Å². The van der Waals surface area contributed by atoms with Gasteiger partial charge in [-0.15, -0.1) is 0 Å². The smallest absolute Gasteiger partial charge is 0.410 e. The van der Waals surface area contributed by atoms with Crippen molar-refractivity contribution >= 4 is 56.8 Å². The van der Waals surface area contributed by atoms with Gasteiger partial charge in [0.25, 0.3) is 5.91 Å². The molecule has 1 unspecified atom stereocenters. The fraction of sp³-hybridized carbons (Fsp3) is 0.273. The molecule has 0 aliphatic carbocycles. The predicted octanol–water partition coefficient (Wildman–Crippen LogP) is 9.43. The standard InChI is InChI=1S/C44H44N6O6/c1-29(2)28-55-44(52)49(23-25-54-40-12-5-6-24-53-40)27-30-13-15-31(16-14-30)42(51)46-32-17-19-33(20-18-32)47-43-48-38(26-34-21-22-45-50(34)43)37-10-7-9-36-35-8-3-4-11-39(35)56-41(36)37/h3-4,7-11,13-22,26,29,40H,5-6,12,23-25,27-28H2,1-2H3,(H,46,51)(H,47,48).